The van der Waals surface area contributed by atoms with Gasteiger partial charge in [0.1, 0.15) is 5.82 Å². The van der Waals surface area contributed by atoms with Gasteiger partial charge in [0.25, 0.3) is 0 Å². The van der Waals surface area contributed by atoms with Gasteiger partial charge in [-0.25, -0.2) is 4.98 Å². The highest BCUT2D eigenvalue weighted by molar-refractivity contribution is 5.73. The zero-order chi connectivity index (χ0) is 13.8. The second-order valence-corrected chi connectivity index (χ2v) is 5.38. The van der Waals surface area contributed by atoms with Crippen LogP contribution in [0, 0.1) is 12.8 Å². The molecule has 0 radical (unpaired) electrons. The van der Waals surface area contributed by atoms with Crippen LogP contribution >= 0.6 is 0 Å². The standard InChI is InChI=1S/C15H21N5/c1-11-18-15(20-19-11)13-6-2-3-7-14(13)17-10-12-5-4-8-16-9-12/h2-3,6-7,12,16-17H,4-5,8-10H2,1H3,(H,18,19,20). The zero-order valence-electron chi connectivity index (χ0n) is 11.8. The summed E-state index contributed by atoms with van der Waals surface area (Å²) in [7, 11) is 0. The number of hydrogen-bond acceptors (Lipinski definition) is 4. The van der Waals surface area contributed by atoms with E-state index >= 15 is 0 Å². The number of H-pyrrole nitrogens is 1. The number of benzene rings is 1. The van der Waals surface area contributed by atoms with E-state index in [2.05, 4.69) is 37.9 Å². The fourth-order valence-electron chi connectivity index (χ4n) is 2.65. The van der Waals surface area contributed by atoms with Gasteiger partial charge in [-0.05, 0) is 50.9 Å². The van der Waals surface area contributed by atoms with Crippen LogP contribution in [0.4, 0.5) is 5.69 Å². The molecule has 3 N–H and O–H groups in total. The number of para-hydroxylation sites is 1. The molecule has 0 bridgehead atoms. The molecule has 1 saturated heterocycles. The third-order valence-electron chi connectivity index (χ3n) is 3.75. The highest BCUT2D eigenvalue weighted by atomic mass is 15.2. The molecule has 5 nitrogen and oxygen atoms in total. The van der Waals surface area contributed by atoms with Gasteiger partial charge in [0, 0.05) is 17.8 Å². The van der Waals surface area contributed by atoms with E-state index in [1.54, 1.807) is 0 Å². The Balaban J connectivity index is 1.72. The lowest BCUT2D eigenvalue weighted by Gasteiger charge is -2.23. The van der Waals surface area contributed by atoms with Gasteiger partial charge in [-0.2, -0.15) is 5.10 Å². The minimum absolute atomic E-state index is 0.700. The maximum atomic E-state index is 4.42. The third-order valence-corrected chi connectivity index (χ3v) is 3.75. The van der Waals surface area contributed by atoms with Crippen molar-refractivity contribution in [2.45, 2.75) is 19.8 Å². The average molecular weight is 271 g/mol. The monoisotopic (exact) mass is 271 g/mol. The fourth-order valence-corrected chi connectivity index (χ4v) is 2.65. The van der Waals surface area contributed by atoms with Crippen molar-refractivity contribution in [1.29, 1.82) is 0 Å². The summed E-state index contributed by atoms with van der Waals surface area (Å²) in [5.41, 5.74) is 2.16. The molecule has 0 spiro atoms. The summed E-state index contributed by atoms with van der Waals surface area (Å²) >= 11 is 0. The van der Waals surface area contributed by atoms with Gasteiger partial charge in [0.15, 0.2) is 5.82 Å². The summed E-state index contributed by atoms with van der Waals surface area (Å²) < 4.78 is 0. The van der Waals surface area contributed by atoms with Gasteiger partial charge >= 0.3 is 0 Å². The molecule has 1 aromatic heterocycles. The number of anilines is 1. The molecule has 1 unspecified atom stereocenters. The van der Waals surface area contributed by atoms with Crippen LogP contribution < -0.4 is 10.6 Å². The van der Waals surface area contributed by atoms with Crippen molar-refractivity contribution in [2.24, 2.45) is 5.92 Å². The first kappa shape index (κ1) is 13.1. The van der Waals surface area contributed by atoms with Gasteiger partial charge in [-0.3, -0.25) is 5.10 Å². The summed E-state index contributed by atoms with van der Waals surface area (Å²) in [6.07, 6.45) is 2.57. The van der Waals surface area contributed by atoms with E-state index in [-0.39, 0.29) is 0 Å². The molecule has 1 aliphatic heterocycles. The number of aromatic amines is 1. The van der Waals surface area contributed by atoms with E-state index in [9.17, 15) is 0 Å². The number of nitrogens with one attached hydrogen (secondary N) is 3. The molecule has 2 heterocycles. The molecule has 2 aromatic rings. The van der Waals surface area contributed by atoms with Crippen molar-refractivity contribution in [3.8, 4) is 11.4 Å². The van der Waals surface area contributed by atoms with Gasteiger partial charge in [0.05, 0.1) is 0 Å². The van der Waals surface area contributed by atoms with Gasteiger partial charge in [-0.1, -0.05) is 12.1 Å². The van der Waals surface area contributed by atoms with Crippen molar-refractivity contribution in [3.05, 3.63) is 30.1 Å². The SMILES string of the molecule is Cc1nc(-c2ccccc2NCC2CCCNC2)n[nH]1. The van der Waals surface area contributed by atoms with E-state index in [0.29, 0.717) is 5.92 Å². The van der Waals surface area contributed by atoms with E-state index < -0.39 is 0 Å². The largest absolute Gasteiger partial charge is 0.384 e. The van der Waals surface area contributed by atoms with Crippen LogP contribution in [-0.2, 0) is 0 Å². The molecular formula is C15H21N5. The molecule has 0 amide bonds. The number of piperidine rings is 1. The lowest BCUT2D eigenvalue weighted by molar-refractivity contribution is 0.393. The molecule has 1 aliphatic rings. The average Bonchev–Trinajstić information content (AvgIpc) is 2.93. The minimum Gasteiger partial charge on any atom is -0.384 e. The Labute approximate surface area is 119 Å². The second-order valence-electron chi connectivity index (χ2n) is 5.38. The van der Waals surface area contributed by atoms with Crippen molar-refractivity contribution in [2.75, 3.05) is 25.0 Å². The fraction of sp³-hybridized carbons (Fsp3) is 0.467. The molecule has 106 valence electrons. The Morgan fingerprint density at radius 1 is 1.35 bits per heavy atom. The molecule has 1 atom stereocenters. The van der Waals surface area contributed by atoms with Crippen LogP contribution in [0.2, 0.25) is 0 Å². The third kappa shape index (κ3) is 2.99. The number of nitrogens with zero attached hydrogens (tertiary/aromatic N) is 2. The van der Waals surface area contributed by atoms with Crippen molar-refractivity contribution < 1.29 is 0 Å². The Hall–Kier alpha value is -1.88. The molecule has 3 rings (SSSR count). The van der Waals surface area contributed by atoms with Crippen LogP contribution in [0.3, 0.4) is 0 Å². The van der Waals surface area contributed by atoms with E-state index in [0.717, 1.165) is 42.5 Å². The van der Waals surface area contributed by atoms with Gasteiger partial charge in [0.2, 0.25) is 0 Å². The Morgan fingerprint density at radius 3 is 3.00 bits per heavy atom. The number of aryl methyl sites for hydroxylation is 1. The van der Waals surface area contributed by atoms with E-state index in [1.165, 1.54) is 12.8 Å². The van der Waals surface area contributed by atoms with Crippen LogP contribution in [0.15, 0.2) is 24.3 Å². The lowest BCUT2D eigenvalue weighted by atomic mass is 9.99. The first-order valence-electron chi connectivity index (χ1n) is 7.26. The summed E-state index contributed by atoms with van der Waals surface area (Å²) in [4.78, 5) is 4.42. The molecule has 0 saturated carbocycles. The quantitative estimate of drug-likeness (QED) is 0.797. The number of hydrogen-bond donors (Lipinski definition) is 3. The summed E-state index contributed by atoms with van der Waals surface area (Å²) in [6, 6.07) is 8.22. The highest BCUT2D eigenvalue weighted by Crippen LogP contribution is 2.25. The summed E-state index contributed by atoms with van der Waals surface area (Å²) in [5.74, 6) is 2.30. The van der Waals surface area contributed by atoms with Crippen LogP contribution in [0.1, 0.15) is 18.7 Å². The molecular weight excluding hydrogens is 250 g/mol. The smallest absolute Gasteiger partial charge is 0.183 e. The molecule has 0 aliphatic carbocycles. The van der Waals surface area contributed by atoms with Gasteiger partial charge < -0.3 is 10.6 Å². The molecule has 5 heteroatoms. The maximum absolute atomic E-state index is 4.42. The predicted octanol–water partition coefficient (Wildman–Crippen LogP) is 2.19. The second kappa shape index (κ2) is 6.05. The van der Waals surface area contributed by atoms with Crippen LogP contribution in [-0.4, -0.2) is 34.8 Å². The maximum Gasteiger partial charge on any atom is 0.183 e. The zero-order valence-corrected chi connectivity index (χ0v) is 11.8. The first-order valence-corrected chi connectivity index (χ1v) is 7.26. The van der Waals surface area contributed by atoms with Crippen LogP contribution in [0.5, 0.6) is 0 Å². The lowest BCUT2D eigenvalue weighted by Crippen LogP contribution is -2.33. The number of rotatable bonds is 4. The van der Waals surface area contributed by atoms with Crippen molar-refractivity contribution >= 4 is 5.69 Å². The summed E-state index contributed by atoms with van der Waals surface area (Å²) in [5, 5.41) is 14.2. The van der Waals surface area contributed by atoms with E-state index in [1.807, 2.05) is 19.1 Å². The van der Waals surface area contributed by atoms with Gasteiger partial charge in [-0.15, -0.1) is 0 Å². The Morgan fingerprint density at radius 2 is 2.25 bits per heavy atom. The normalized spacial score (nSPS) is 18.9. The highest BCUT2D eigenvalue weighted by Gasteiger charge is 2.14. The Bertz CT molecular complexity index is 557. The van der Waals surface area contributed by atoms with Crippen molar-refractivity contribution in [1.82, 2.24) is 20.5 Å². The Kier molecular flexibility index (Phi) is 3.97. The number of aromatic nitrogens is 3. The van der Waals surface area contributed by atoms with Crippen molar-refractivity contribution in [3.63, 3.8) is 0 Å². The summed E-state index contributed by atoms with van der Waals surface area (Å²) in [6.45, 7) is 5.17. The molecule has 20 heavy (non-hydrogen) atoms. The molecule has 1 aromatic carbocycles. The van der Waals surface area contributed by atoms with Crippen LogP contribution in [0.25, 0.3) is 11.4 Å². The minimum atomic E-state index is 0.700. The molecule has 1 fully saturated rings. The first-order chi connectivity index (χ1) is 9.83. The topological polar surface area (TPSA) is 65.6 Å². The van der Waals surface area contributed by atoms with E-state index in [4.69, 9.17) is 0 Å². The predicted molar refractivity (Wildman–Crippen MR) is 80.6 cm³/mol.